The van der Waals surface area contributed by atoms with E-state index in [1.165, 1.54) is 22.9 Å². The average Bonchev–Trinajstić information content (AvgIpc) is 3.44. The van der Waals surface area contributed by atoms with E-state index in [1.54, 1.807) is 0 Å². The fraction of sp³-hybridized carbons (Fsp3) is 0.571. The Morgan fingerprint density at radius 3 is 2.36 bits per heavy atom. The lowest BCUT2D eigenvalue weighted by Crippen LogP contribution is -2.38. The lowest BCUT2D eigenvalue weighted by atomic mass is 9.92. The van der Waals surface area contributed by atoms with E-state index in [0.29, 0.717) is 11.8 Å². The summed E-state index contributed by atoms with van der Waals surface area (Å²) in [6.07, 6.45) is 2.32. The summed E-state index contributed by atoms with van der Waals surface area (Å²) in [4.78, 5) is 15.3. The molecule has 0 amide bonds. The minimum Gasteiger partial charge on any atom is -0.378 e. The Morgan fingerprint density at radius 1 is 1.11 bits per heavy atom. The highest BCUT2D eigenvalue weighted by molar-refractivity contribution is 7.99. The van der Waals surface area contributed by atoms with Crippen molar-refractivity contribution in [1.82, 2.24) is 14.8 Å². The maximum absolute atomic E-state index is 13.1. The van der Waals surface area contributed by atoms with Crippen LogP contribution in [0.2, 0.25) is 0 Å². The molecule has 0 bridgehead atoms. The molecule has 150 valence electrons. The first-order valence-electron chi connectivity index (χ1n) is 9.98. The van der Waals surface area contributed by atoms with Crippen LogP contribution in [0.25, 0.3) is 0 Å². The number of ketones is 1. The van der Waals surface area contributed by atoms with Gasteiger partial charge in [-0.25, -0.2) is 0 Å². The first-order chi connectivity index (χ1) is 13.5. The van der Waals surface area contributed by atoms with Crippen molar-refractivity contribution in [3.8, 4) is 0 Å². The first kappa shape index (κ1) is 19.5. The standard InChI is InChI=1S/C21H28N4O2S/c1-13-11-14(2)16(4)19(15(13)3)18(26)12-28-21-23-22-20(25(21)17-5-6-17)24-7-9-27-10-8-24/h11,17H,5-10,12H2,1-4H3. The number of hydrogen-bond donors (Lipinski definition) is 0. The molecule has 7 heteroatoms. The van der Waals surface area contributed by atoms with Crippen LogP contribution in [0.15, 0.2) is 11.2 Å². The highest BCUT2D eigenvalue weighted by Crippen LogP contribution is 2.41. The zero-order valence-corrected chi connectivity index (χ0v) is 17.9. The van der Waals surface area contributed by atoms with E-state index in [1.807, 2.05) is 13.8 Å². The van der Waals surface area contributed by atoms with Gasteiger partial charge in [0.1, 0.15) is 0 Å². The van der Waals surface area contributed by atoms with Gasteiger partial charge in [0, 0.05) is 24.7 Å². The van der Waals surface area contributed by atoms with Gasteiger partial charge in [0.2, 0.25) is 5.95 Å². The Bertz CT molecular complexity index is 872. The van der Waals surface area contributed by atoms with Crippen LogP contribution in [-0.2, 0) is 4.74 Å². The molecule has 1 aromatic heterocycles. The van der Waals surface area contributed by atoms with Crippen molar-refractivity contribution >= 4 is 23.5 Å². The maximum atomic E-state index is 13.1. The summed E-state index contributed by atoms with van der Waals surface area (Å²) < 4.78 is 7.71. The molecular formula is C21H28N4O2S. The number of carbonyl (C=O) groups excluding carboxylic acids is 1. The Balaban J connectivity index is 1.54. The summed E-state index contributed by atoms with van der Waals surface area (Å²) in [7, 11) is 0. The number of thioether (sulfide) groups is 1. The molecule has 2 aromatic rings. The fourth-order valence-corrected chi connectivity index (χ4v) is 4.71. The summed E-state index contributed by atoms with van der Waals surface area (Å²) in [5, 5.41) is 9.76. The molecule has 6 nitrogen and oxygen atoms in total. The van der Waals surface area contributed by atoms with E-state index < -0.39 is 0 Å². The Kier molecular flexibility index (Phi) is 5.47. The van der Waals surface area contributed by atoms with Gasteiger partial charge in [-0.2, -0.15) is 0 Å². The highest BCUT2D eigenvalue weighted by atomic mass is 32.2. The van der Waals surface area contributed by atoms with Gasteiger partial charge < -0.3 is 9.64 Å². The number of aromatic nitrogens is 3. The van der Waals surface area contributed by atoms with Gasteiger partial charge in [-0.1, -0.05) is 17.8 Å². The Labute approximate surface area is 170 Å². The molecule has 4 rings (SSSR count). The zero-order valence-electron chi connectivity index (χ0n) is 17.1. The number of benzene rings is 1. The number of ether oxygens (including phenoxy) is 1. The normalized spacial score (nSPS) is 17.2. The molecule has 28 heavy (non-hydrogen) atoms. The monoisotopic (exact) mass is 400 g/mol. The van der Waals surface area contributed by atoms with Crippen LogP contribution >= 0.6 is 11.8 Å². The predicted octanol–water partition coefficient (Wildman–Crippen LogP) is 3.66. The largest absolute Gasteiger partial charge is 0.378 e. The molecule has 0 unspecified atom stereocenters. The van der Waals surface area contributed by atoms with Crippen LogP contribution in [0.5, 0.6) is 0 Å². The lowest BCUT2D eigenvalue weighted by Gasteiger charge is -2.27. The zero-order chi connectivity index (χ0) is 19.8. The van der Waals surface area contributed by atoms with Crippen molar-refractivity contribution in [1.29, 1.82) is 0 Å². The second kappa shape index (κ2) is 7.87. The fourth-order valence-electron chi connectivity index (χ4n) is 3.84. The van der Waals surface area contributed by atoms with Gasteiger partial charge in [0.15, 0.2) is 10.9 Å². The third-order valence-electron chi connectivity index (χ3n) is 5.83. The molecule has 2 aliphatic rings. The second-order valence-electron chi connectivity index (χ2n) is 7.83. The van der Waals surface area contributed by atoms with Crippen LogP contribution in [-0.4, -0.2) is 52.6 Å². The van der Waals surface area contributed by atoms with Crippen LogP contribution in [0.3, 0.4) is 0 Å². The van der Waals surface area contributed by atoms with E-state index in [2.05, 4.69) is 39.6 Å². The number of aryl methyl sites for hydroxylation is 2. The number of rotatable bonds is 6. The van der Waals surface area contributed by atoms with Crippen molar-refractivity contribution in [2.24, 2.45) is 0 Å². The lowest BCUT2D eigenvalue weighted by molar-refractivity contribution is 0.102. The highest BCUT2D eigenvalue weighted by Gasteiger charge is 2.32. The Morgan fingerprint density at radius 2 is 1.75 bits per heavy atom. The third kappa shape index (κ3) is 3.70. The maximum Gasteiger partial charge on any atom is 0.228 e. The van der Waals surface area contributed by atoms with E-state index in [4.69, 9.17) is 4.74 Å². The molecule has 1 aromatic carbocycles. The molecule has 1 aliphatic heterocycles. The molecule has 0 radical (unpaired) electrons. The van der Waals surface area contributed by atoms with Gasteiger partial charge in [-0.05, 0) is 62.8 Å². The summed E-state index contributed by atoms with van der Waals surface area (Å²) >= 11 is 1.51. The minimum atomic E-state index is 0.171. The van der Waals surface area contributed by atoms with E-state index in [0.717, 1.165) is 66.9 Å². The van der Waals surface area contributed by atoms with Crippen LogP contribution in [0, 0.1) is 27.7 Å². The van der Waals surface area contributed by atoms with E-state index >= 15 is 0 Å². The molecule has 0 spiro atoms. The molecular weight excluding hydrogens is 372 g/mol. The van der Waals surface area contributed by atoms with Crippen molar-refractivity contribution < 1.29 is 9.53 Å². The molecule has 0 N–H and O–H groups in total. The minimum absolute atomic E-state index is 0.171. The van der Waals surface area contributed by atoms with E-state index in [-0.39, 0.29) is 5.78 Å². The molecule has 2 fully saturated rings. The molecule has 0 atom stereocenters. The molecule has 2 heterocycles. The summed E-state index contributed by atoms with van der Waals surface area (Å²) in [6.45, 7) is 11.4. The number of carbonyl (C=O) groups is 1. The van der Waals surface area contributed by atoms with Gasteiger partial charge in [0.05, 0.1) is 19.0 Å². The van der Waals surface area contributed by atoms with Crippen molar-refractivity contribution in [3.63, 3.8) is 0 Å². The van der Waals surface area contributed by atoms with Gasteiger partial charge in [-0.3, -0.25) is 9.36 Å². The topological polar surface area (TPSA) is 60.3 Å². The number of Topliss-reactive ketones (excluding diaryl/α,β-unsaturated/α-hetero) is 1. The number of morpholine rings is 1. The average molecular weight is 401 g/mol. The molecule has 1 aliphatic carbocycles. The quantitative estimate of drug-likeness (QED) is 0.545. The van der Waals surface area contributed by atoms with Crippen molar-refractivity contribution in [3.05, 3.63) is 33.9 Å². The van der Waals surface area contributed by atoms with Gasteiger partial charge >= 0.3 is 0 Å². The van der Waals surface area contributed by atoms with Gasteiger partial charge in [0.25, 0.3) is 0 Å². The Hall–Kier alpha value is -1.86. The first-order valence-corrected chi connectivity index (χ1v) is 11.0. The van der Waals surface area contributed by atoms with Crippen LogP contribution < -0.4 is 4.90 Å². The summed E-state index contributed by atoms with van der Waals surface area (Å²) in [6, 6.07) is 2.63. The van der Waals surface area contributed by atoms with Crippen molar-refractivity contribution in [2.75, 3.05) is 37.0 Å². The van der Waals surface area contributed by atoms with Crippen LogP contribution in [0.4, 0.5) is 5.95 Å². The molecule has 1 saturated carbocycles. The smallest absolute Gasteiger partial charge is 0.228 e. The third-order valence-corrected chi connectivity index (χ3v) is 6.77. The predicted molar refractivity (Wildman–Crippen MR) is 112 cm³/mol. The van der Waals surface area contributed by atoms with E-state index in [9.17, 15) is 4.79 Å². The SMILES string of the molecule is Cc1cc(C)c(C)c(C(=O)CSc2nnc(N3CCOCC3)n2C2CC2)c1C. The summed E-state index contributed by atoms with van der Waals surface area (Å²) in [5.41, 5.74) is 5.40. The number of anilines is 1. The second-order valence-corrected chi connectivity index (χ2v) is 8.77. The van der Waals surface area contributed by atoms with Gasteiger partial charge in [-0.15, -0.1) is 10.2 Å². The molecule has 1 saturated heterocycles. The number of nitrogens with zero attached hydrogens (tertiary/aromatic N) is 4. The summed E-state index contributed by atoms with van der Waals surface area (Å²) in [5.74, 6) is 1.49. The van der Waals surface area contributed by atoms with Crippen LogP contribution in [0.1, 0.15) is 51.5 Å². The number of hydrogen-bond acceptors (Lipinski definition) is 6. The van der Waals surface area contributed by atoms with Crippen molar-refractivity contribution in [2.45, 2.75) is 51.7 Å².